The lowest BCUT2D eigenvalue weighted by Gasteiger charge is -2.27. The van der Waals surface area contributed by atoms with E-state index in [9.17, 15) is 4.79 Å². The third-order valence-electron chi connectivity index (χ3n) is 3.75. The summed E-state index contributed by atoms with van der Waals surface area (Å²) in [5, 5.41) is 3.02. The number of anilines is 2. The summed E-state index contributed by atoms with van der Waals surface area (Å²) in [7, 11) is 1.99. The van der Waals surface area contributed by atoms with Gasteiger partial charge in [0.05, 0.1) is 11.0 Å². The number of nitrogens with one attached hydrogen (secondary N) is 1. The first-order valence-electron chi connectivity index (χ1n) is 7.93. The van der Waals surface area contributed by atoms with E-state index >= 15 is 0 Å². The minimum absolute atomic E-state index is 0.126. The lowest BCUT2D eigenvalue weighted by Crippen LogP contribution is -2.49. The van der Waals surface area contributed by atoms with E-state index in [1.165, 1.54) is 0 Å². The van der Waals surface area contributed by atoms with Gasteiger partial charge < -0.3 is 10.2 Å². The predicted molar refractivity (Wildman–Crippen MR) is 93.1 cm³/mol. The number of nitrogens with zero attached hydrogens (tertiary/aromatic N) is 4. The summed E-state index contributed by atoms with van der Waals surface area (Å²) in [5.41, 5.74) is 1.35. The van der Waals surface area contributed by atoms with Gasteiger partial charge in [-0.15, -0.1) is 0 Å². The molecule has 0 bridgehead atoms. The quantitative estimate of drug-likeness (QED) is 0.812. The molecular formula is C17H23N5O. The lowest BCUT2D eigenvalue weighted by molar-refractivity contribution is 0.237. The maximum Gasteiger partial charge on any atom is 0.323 e. The van der Waals surface area contributed by atoms with Crippen molar-refractivity contribution in [3.8, 4) is 0 Å². The number of carbonyl (C=O) groups is 1. The van der Waals surface area contributed by atoms with Gasteiger partial charge in [0.1, 0.15) is 0 Å². The molecule has 0 spiro atoms. The Labute approximate surface area is 136 Å². The second-order valence-corrected chi connectivity index (χ2v) is 6.97. The van der Waals surface area contributed by atoms with Crippen LogP contribution in [-0.2, 0) is 0 Å². The van der Waals surface area contributed by atoms with Gasteiger partial charge >= 0.3 is 6.03 Å². The number of para-hydroxylation sites is 2. The molecule has 0 atom stereocenters. The third-order valence-corrected chi connectivity index (χ3v) is 3.75. The van der Waals surface area contributed by atoms with Crippen molar-refractivity contribution in [1.82, 2.24) is 15.3 Å². The van der Waals surface area contributed by atoms with Gasteiger partial charge in [0.15, 0.2) is 11.6 Å². The number of amides is 2. The van der Waals surface area contributed by atoms with Crippen LogP contribution in [0.3, 0.4) is 0 Å². The van der Waals surface area contributed by atoms with Crippen LogP contribution in [0.4, 0.5) is 16.4 Å². The van der Waals surface area contributed by atoms with Crippen LogP contribution in [0.25, 0.3) is 11.0 Å². The largest absolute Gasteiger partial charge is 0.357 e. The van der Waals surface area contributed by atoms with Gasteiger partial charge in [0.25, 0.3) is 0 Å². The number of rotatable bonds is 0. The number of fused-ring (bicyclic) bond motifs is 2. The van der Waals surface area contributed by atoms with Crippen molar-refractivity contribution in [1.29, 1.82) is 0 Å². The highest BCUT2D eigenvalue weighted by Gasteiger charge is 2.28. The smallest absolute Gasteiger partial charge is 0.323 e. The Morgan fingerprint density at radius 1 is 1.09 bits per heavy atom. The third kappa shape index (κ3) is 3.21. The summed E-state index contributed by atoms with van der Waals surface area (Å²) in [4.78, 5) is 25.9. The summed E-state index contributed by atoms with van der Waals surface area (Å²) in [6.07, 6.45) is 0.877. The number of aromatic nitrogens is 2. The molecule has 0 saturated carbocycles. The normalized spacial score (nSPS) is 15.3. The van der Waals surface area contributed by atoms with E-state index in [2.05, 4.69) is 10.2 Å². The summed E-state index contributed by atoms with van der Waals surface area (Å²) in [6.45, 7) is 7.40. The molecule has 2 heterocycles. The summed E-state index contributed by atoms with van der Waals surface area (Å²) in [6, 6.07) is 7.63. The lowest BCUT2D eigenvalue weighted by atomic mass is 10.1. The van der Waals surface area contributed by atoms with Crippen molar-refractivity contribution in [2.75, 3.05) is 29.9 Å². The highest BCUT2D eigenvalue weighted by atomic mass is 16.2. The monoisotopic (exact) mass is 313 g/mol. The molecule has 0 saturated heterocycles. The van der Waals surface area contributed by atoms with Crippen molar-refractivity contribution in [2.45, 2.75) is 32.7 Å². The molecule has 1 aliphatic rings. The van der Waals surface area contributed by atoms with Gasteiger partial charge in [-0.2, -0.15) is 0 Å². The van der Waals surface area contributed by atoms with Gasteiger partial charge in [-0.25, -0.2) is 14.8 Å². The molecule has 0 aliphatic carbocycles. The van der Waals surface area contributed by atoms with E-state index in [-0.39, 0.29) is 11.6 Å². The first kappa shape index (κ1) is 15.5. The molecule has 1 aliphatic heterocycles. The zero-order valence-electron chi connectivity index (χ0n) is 14.1. The average molecular weight is 313 g/mol. The fourth-order valence-electron chi connectivity index (χ4n) is 2.68. The van der Waals surface area contributed by atoms with Crippen LogP contribution in [-0.4, -0.2) is 41.7 Å². The predicted octanol–water partition coefficient (Wildman–Crippen LogP) is 2.78. The number of benzene rings is 1. The molecule has 0 fully saturated rings. The van der Waals surface area contributed by atoms with E-state index in [1.54, 1.807) is 4.90 Å². The Kier molecular flexibility index (Phi) is 3.83. The zero-order chi connectivity index (χ0) is 16.6. The van der Waals surface area contributed by atoms with E-state index < -0.39 is 0 Å². The van der Waals surface area contributed by atoms with Crippen molar-refractivity contribution >= 4 is 28.7 Å². The van der Waals surface area contributed by atoms with Crippen LogP contribution in [0.15, 0.2) is 24.3 Å². The minimum Gasteiger partial charge on any atom is -0.357 e. The number of hydrogen-bond donors (Lipinski definition) is 1. The van der Waals surface area contributed by atoms with Crippen LogP contribution in [0.1, 0.15) is 27.2 Å². The van der Waals surface area contributed by atoms with Crippen LogP contribution in [0.2, 0.25) is 0 Å². The van der Waals surface area contributed by atoms with Crippen LogP contribution < -0.4 is 15.1 Å². The van der Waals surface area contributed by atoms with Crippen molar-refractivity contribution < 1.29 is 4.79 Å². The molecule has 2 amide bonds. The molecule has 1 aromatic heterocycles. The second-order valence-electron chi connectivity index (χ2n) is 6.97. The van der Waals surface area contributed by atoms with Crippen LogP contribution in [0, 0.1) is 0 Å². The van der Waals surface area contributed by atoms with E-state index in [4.69, 9.17) is 9.97 Å². The van der Waals surface area contributed by atoms with Gasteiger partial charge in [-0.05, 0) is 39.3 Å². The van der Waals surface area contributed by atoms with E-state index in [0.717, 1.165) is 29.8 Å². The Balaban J connectivity index is 2.08. The van der Waals surface area contributed by atoms with Crippen LogP contribution in [0.5, 0.6) is 0 Å². The summed E-state index contributed by atoms with van der Waals surface area (Å²) in [5.74, 6) is 1.38. The van der Waals surface area contributed by atoms with Crippen molar-refractivity contribution in [3.05, 3.63) is 24.3 Å². The molecule has 6 heteroatoms. The maximum atomic E-state index is 12.7. The van der Waals surface area contributed by atoms with Crippen molar-refractivity contribution in [2.24, 2.45) is 0 Å². The molecule has 3 rings (SSSR count). The summed E-state index contributed by atoms with van der Waals surface area (Å²) >= 11 is 0. The fraction of sp³-hybridized carbons (Fsp3) is 0.471. The van der Waals surface area contributed by atoms with Gasteiger partial charge in [-0.3, -0.25) is 4.90 Å². The first-order valence-corrected chi connectivity index (χ1v) is 7.93. The molecule has 1 N–H and O–H groups in total. The van der Waals surface area contributed by atoms with Crippen LogP contribution >= 0.6 is 0 Å². The molecule has 122 valence electrons. The molecule has 0 unspecified atom stereocenters. The Bertz CT molecular complexity index is 737. The van der Waals surface area contributed by atoms with Gasteiger partial charge in [-0.1, -0.05) is 12.1 Å². The number of urea groups is 1. The second kappa shape index (κ2) is 5.68. The zero-order valence-corrected chi connectivity index (χ0v) is 14.1. The number of carbonyl (C=O) groups excluding carboxylic acids is 1. The molecule has 6 nitrogen and oxygen atoms in total. The van der Waals surface area contributed by atoms with E-state index in [0.29, 0.717) is 12.4 Å². The highest BCUT2D eigenvalue weighted by Crippen LogP contribution is 2.30. The Morgan fingerprint density at radius 2 is 1.70 bits per heavy atom. The molecule has 2 aromatic rings. The Morgan fingerprint density at radius 3 is 2.30 bits per heavy atom. The average Bonchev–Trinajstić information content (AvgIpc) is 2.63. The number of hydrogen-bond acceptors (Lipinski definition) is 4. The van der Waals surface area contributed by atoms with E-state index in [1.807, 2.05) is 52.1 Å². The topological polar surface area (TPSA) is 61.4 Å². The molecule has 0 radical (unpaired) electrons. The molecular weight excluding hydrogens is 290 g/mol. The highest BCUT2D eigenvalue weighted by molar-refractivity contribution is 5.96. The molecule has 1 aromatic carbocycles. The standard InChI is InChI=1S/C17H23N5O/c1-17(2,3)20-16(23)22-11-7-10-21(4)14-15(22)19-13-9-6-5-8-12(13)18-14/h5-6,8-9H,7,10-11H2,1-4H3,(H,20,23). The fourth-order valence-corrected chi connectivity index (χ4v) is 2.68. The first-order chi connectivity index (χ1) is 10.8. The molecule has 23 heavy (non-hydrogen) atoms. The minimum atomic E-state index is -0.292. The SMILES string of the molecule is CN1CCCN(C(=O)NC(C)(C)C)c2nc3ccccc3nc21. The Hall–Kier alpha value is -2.37. The maximum absolute atomic E-state index is 12.7. The van der Waals surface area contributed by atoms with Crippen molar-refractivity contribution in [3.63, 3.8) is 0 Å². The van der Waals surface area contributed by atoms with Gasteiger partial charge in [0, 0.05) is 25.7 Å². The summed E-state index contributed by atoms with van der Waals surface area (Å²) < 4.78 is 0. The van der Waals surface area contributed by atoms with Gasteiger partial charge in [0.2, 0.25) is 0 Å².